The van der Waals surface area contributed by atoms with E-state index < -0.39 is 0 Å². The molecule has 0 radical (unpaired) electrons. The fourth-order valence-corrected chi connectivity index (χ4v) is 1.96. The van der Waals surface area contributed by atoms with Crippen LogP contribution in [-0.4, -0.2) is 15.5 Å². The lowest BCUT2D eigenvalue weighted by Gasteiger charge is -2.21. The van der Waals surface area contributed by atoms with Crippen molar-refractivity contribution >= 4 is 51.7 Å². The van der Waals surface area contributed by atoms with Crippen molar-refractivity contribution in [3.63, 3.8) is 0 Å². The van der Waals surface area contributed by atoms with Crippen LogP contribution in [0.15, 0.2) is 12.1 Å². The molecule has 0 aliphatic heterocycles. The van der Waals surface area contributed by atoms with Crippen molar-refractivity contribution in [1.29, 1.82) is 0 Å². The zero-order valence-electron chi connectivity index (χ0n) is 10.2. The molecule has 3 nitrogen and oxygen atoms in total. The summed E-state index contributed by atoms with van der Waals surface area (Å²) in [5, 5.41) is 4.39. The Labute approximate surface area is 120 Å². The lowest BCUT2D eigenvalue weighted by Crippen LogP contribution is -2.27. The molecule has 1 heterocycles. The molecule has 0 fully saturated rings. The predicted molar refractivity (Wildman–Crippen MR) is 77.9 cm³/mol. The quantitative estimate of drug-likeness (QED) is 0.822. The molecule has 1 aromatic heterocycles. The van der Waals surface area contributed by atoms with E-state index in [0.717, 1.165) is 0 Å². The van der Waals surface area contributed by atoms with Gasteiger partial charge in [-0.1, -0.05) is 34.8 Å². The van der Waals surface area contributed by atoms with Crippen LogP contribution in [0.25, 0.3) is 11.0 Å². The highest BCUT2D eigenvalue weighted by atomic mass is 35.5. The number of nitrogens with one attached hydrogen (secondary N) is 1. The van der Waals surface area contributed by atoms with Gasteiger partial charge in [0.15, 0.2) is 11.0 Å². The minimum atomic E-state index is -0.151. The Morgan fingerprint density at radius 3 is 1.94 bits per heavy atom. The number of anilines is 1. The molecule has 0 atom stereocenters. The zero-order valence-corrected chi connectivity index (χ0v) is 12.5. The summed E-state index contributed by atoms with van der Waals surface area (Å²) in [5.41, 5.74) is 1.12. The molecule has 2 aromatic rings. The van der Waals surface area contributed by atoms with Crippen molar-refractivity contribution in [1.82, 2.24) is 9.97 Å². The Balaban J connectivity index is 2.57. The van der Waals surface area contributed by atoms with Crippen molar-refractivity contribution in [2.24, 2.45) is 0 Å². The van der Waals surface area contributed by atoms with Crippen molar-refractivity contribution in [3.05, 3.63) is 27.3 Å². The molecule has 96 valence electrons. The summed E-state index contributed by atoms with van der Waals surface area (Å²) in [6, 6.07) is 3.33. The first-order valence-corrected chi connectivity index (χ1v) is 6.50. The van der Waals surface area contributed by atoms with Crippen LogP contribution in [0.5, 0.6) is 0 Å². The number of benzene rings is 1. The van der Waals surface area contributed by atoms with Gasteiger partial charge >= 0.3 is 0 Å². The van der Waals surface area contributed by atoms with Crippen LogP contribution in [0.3, 0.4) is 0 Å². The average Bonchev–Trinajstić information content (AvgIpc) is 2.20. The van der Waals surface area contributed by atoms with Gasteiger partial charge in [0, 0.05) is 5.54 Å². The maximum atomic E-state index is 6.09. The highest BCUT2D eigenvalue weighted by Crippen LogP contribution is 2.29. The van der Waals surface area contributed by atoms with E-state index in [9.17, 15) is 0 Å². The third-order valence-corrected chi connectivity index (χ3v) is 3.14. The fourth-order valence-electron chi connectivity index (χ4n) is 1.46. The molecular formula is C12H12Cl3N3. The molecule has 0 aliphatic carbocycles. The molecule has 0 unspecified atom stereocenters. The first-order valence-electron chi connectivity index (χ1n) is 5.37. The van der Waals surface area contributed by atoms with Gasteiger partial charge in [-0.2, -0.15) is 0 Å². The Morgan fingerprint density at radius 1 is 0.944 bits per heavy atom. The Bertz CT molecular complexity index is 606. The third-order valence-electron chi connectivity index (χ3n) is 2.16. The van der Waals surface area contributed by atoms with Gasteiger partial charge in [-0.3, -0.25) is 0 Å². The van der Waals surface area contributed by atoms with E-state index in [2.05, 4.69) is 15.3 Å². The molecule has 0 bridgehead atoms. The lowest BCUT2D eigenvalue weighted by atomic mass is 10.1. The van der Waals surface area contributed by atoms with Crippen LogP contribution >= 0.6 is 34.8 Å². The SMILES string of the molecule is CC(C)(C)Nc1nc2cc(Cl)c(Cl)cc2nc1Cl. The molecule has 0 saturated carbocycles. The maximum absolute atomic E-state index is 6.09. The summed E-state index contributed by atoms with van der Waals surface area (Å²) in [7, 11) is 0. The molecule has 1 aromatic carbocycles. The maximum Gasteiger partial charge on any atom is 0.172 e. The van der Waals surface area contributed by atoms with E-state index >= 15 is 0 Å². The minimum absolute atomic E-state index is 0.151. The predicted octanol–water partition coefficient (Wildman–Crippen LogP) is 4.80. The number of hydrogen-bond donors (Lipinski definition) is 1. The van der Waals surface area contributed by atoms with E-state index in [-0.39, 0.29) is 5.54 Å². The van der Waals surface area contributed by atoms with Crippen LogP contribution in [0.2, 0.25) is 15.2 Å². The Kier molecular flexibility index (Phi) is 3.58. The monoisotopic (exact) mass is 303 g/mol. The molecule has 0 saturated heterocycles. The molecule has 6 heteroatoms. The first-order chi connectivity index (χ1) is 8.26. The van der Waals surface area contributed by atoms with Crippen LogP contribution in [0, 0.1) is 0 Å². The highest BCUT2D eigenvalue weighted by molar-refractivity contribution is 6.42. The first kappa shape index (κ1) is 13.7. The van der Waals surface area contributed by atoms with Crippen LogP contribution in [0.4, 0.5) is 5.82 Å². The second-order valence-electron chi connectivity index (χ2n) is 4.99. The average molecular weight is 305 g/mol. The van der Waals surface area contributed by atoms with Gasteiger partial charge in [-0.15, -0.1) is 0 Å². The van der Waals surface area contributed by atoms with E-state index in [0.29, 0.717) is 32.0 Å². The van der Waals surface area contributed by atoms with Crippen LogP contribution < -0.4 is 5.32 Å². The van der Waals surface area contributed by atoms with Crippen molar-refractivity contribution in [2.75, 3.05) is 5.32 Å². The number of hydrogen-bond acceptors (Lipinski definition) is 3. The summed E-state index contributed by atoms with van der Waals surface area (Å²) in [6.07, 6.45) is 0. The molecule has 2 rings (SSSR count). The number of rotatable bonds is 1. The number of nitrogens with zero attached hydrogens (tertiary/aromatic N) is 2. The number of halogens is 3. The summed E-state index contributed by atoms with van der Waals surface area (Å²) in [5.74, 6) is 0.537. The van der Waals surface area contributed by atoms with Gasteiger partial charge in [0.1, 0.15) is 0 Å². The van der Waals surface area contributed by atoms with E-state index in [1.165, 1.54) is 0 Å². The van der Waals surface area contributed by atoms with E-state index in [4.69, 9.17) is 34.8 Å². The van der Waals surface area contributed by atoms with Gasteiger partial charge in [0.05, 0.1) is 21.1 Å². The topological polar surface area (TPSA) is 37.8 Å². The smallest absolute Gasteiger partial charge is 0.172 e. The second-order valence-corrected chi connectivity index (χ2v) is 6.17. The third kappa shape index (κ3) is 2.97. The molecular weight excluding hydrogens is 293 g/mol. The number of aromatic nitrogens is 2. The molecule has 1 N–H and O–H groups in total. The minimum Gasteiger partial charge on any atom is -0.363 e. The standard InChI is InChI=1S/C12H12Cl3N3/c1-12(2,3)18-11-10(15)16-8-4-6(13)7(14)5-9(8)17-11/h4-5H,1-3H3,(H,17,18). The summed E-state index contributed by atoms with van der Waals surface area (Å²) in [6.45, 7) is 6.05. The van der Waals surface area contributed by atoms with Gasteiger partial charge < -0.3 is 5.32 Å². The second kappa shape index (κ2) is 4.72. The molecule has 0 aliphatic rings. The zero-order chi connectivity index (χ0) is 13.5. The fraction of sp³-hybridized carbons (Fsp3) is 0.333. The van der Waals surface area contributed by atoms with Crippen molar-refractivity contribution in [2.45, 2.75) is 26.3 Å². The van der Waals surface area contributed by atoms with Gasteiger partial charge in [-0.25, -0.2) is 9.97 Å². The van der Waals surface area contributed by atoms with E-state index in [1.54, 1.807) is 12.1 Å². The van der Waals surface area contributed by atoms with Gasteiger partial charge in [0.25, 0.3) is 0 Å². The molecule has 0 spiro atoms. The summed E-state index contributed by atoms with van der Waals surface area (Å²) in [4.78, 5) is 8.67. The molecule has 0 amide bonds. The van der Waals surface area contributed by atoms with Crippen molar-refractivity contribution in [3.8, 4) is 0 Å². The Morgan fingerprint density at radius 2 is 1.44 bits per heavy atom. The van der Waals surface area contributed by atoms with Gasteiger partial charge in [0.2, 0.25) is 0 Å². The van der Waals surface area contributed by atoms with Gasteiger partial charge in [-0.05, 0) is 32.9 Å². The summed E-state index contributed by atoms with van der Waals surface area (Å²) >= 11 is 18.0. The normalized spacial score (nSPS) is 11.9. The Hall–Kier alpha value is -0.770. The summed E-state index contributed by atoms with van der Waals surface area (Å²) < 4.78 is 0. The lowest BCUT2D eigenvalue weighted by molar-refractivity contribution is 0.630. The van der Waals surface area contributed by atoms with E-state index in [1.807, 2.05) is 20.8 Å². The van der Waals surface area contributed by atoms with Crippen LogP contribution in [-0.2, 0) is 0 Å². The van der Waals surface area contributed by atoms with Crippen molar-refractivity contribution < 1.29 is 0 Å². The number of fused-ring (bicyclic) bond motifs is 1. The highest BCUT2D eigenvalue weighted by Gasteiger charge is 2.15. The molecule has 18 heavy (non-hydrogen) atoms. The van der Waals surface area contributed by atoms with Crippen LogP contribution in [0.1, 0.15) is 20.8 Å². The largest absolute Gasteiger partial charge is 0.363 e.